The number of nitrogens with zero attached hydrogens (tertiary/aromatic N) is 2. The van der Waals surface area contributed by atoms with E-state index in [4.69, 9.17) is 4.99 Å². The molecule has 0 saturated carbocycles. The lowest BCUT2D eigenvalue weighted by molar-refractivity contribution is 0.549. The summed E-state index contributed by atoms with van der Waals surface area (Å²) in [5.41, 5.74) is 2.52. The molecule has 0 aromatic heterocycles. The summed E-state index contributed by atoms with van der Waals surface area (Å²) in [6, 6.07) is 9.08. The van der Waals surface area contributed by atoms with Crippen LogP contribution in [0.1, 0.15) is 37.3 Å². The second-order valence-corrected chi connectivity index (χ2v) is 5.26. The van der Waals surface area contributed by atoms with Gasteiger partial charge in [0.25, 0.3) is 0 Å². The van der Waals surface area contributed by atoms with E-state index in [-0.39, 0.29) is 0 Å². The van der Waals surface area contributed by atoms with Crippen LogP contribution in [-0.2, 0) is 0 Å². The van der Waals surface area contributed by atoms with Crippen molar-refractivity contribution in [2.75, 3.05) is 20.1 Å². The molecule has 2 aliphatic rings. The number of para-hydroxylation sites is 1. The molecule has 1 aromatic rings. The van der Waals surface area contributed by atoms with Gasteiger partial charge in [-0.25, -0.2) is 4.99 Å². The first-order valence-corrected chi connectivity index (χ1v) is 6.95. The third-order valence-electron chi connectivity index (χ3n) is 3.96. The first kappa shape index (κ1) is 11.7. The van der Waals surface area contributed by atoms with Crippen molar-refractivity contribution in [2.24, 2.45) is 4.99 Å². The van der Waals surface area contributed by atoms with Gasteiger partial charge in [0.2, 0.25) is 0 Å². The maximum Gasteiger partial charge on any atom is 0.105 e. The fraction of sp³-hybridized carbons (Fsp3) is 0.533. The van der Waals surface area contributed by atoms with Crippen LogP contribution >= 0.6 is 0 Å². The number of hydrogen-bond acceptors (Lipinski definition) is 2. The standard InChI is InChI=1S/C15H21N3/c1-18-11-5-9-15(18)17-14-7-3-2-6-12(14)13-8-4-10-16-13/h2-3,6-7,13,16H,4-5,8-11H2,1H3. The minimum absolute atomic E-state index is 0.497. The molecule has 2 heterocycles. The zero-order valence-electron chi connectivity index (χ0n) is 11.0. The lowest BCUT2D eigenvalue weighted by Gasteiger charge is -2.16. The highest BCUT2D eigenvalue weighted by atomic mass is 15.2. The summed E-state index contributed by atoms with van der Waals surface area (Å²) in [4.78, 5) is 7.16. The maximum absolute atomic E-state index is 4.89. The average Bonchev–Trinajstić information content (AvgIpc) is 3.03. The van der Waals surface area contributed by atoms with E-state index in [0.29, 0.717) is 6.04 Å². The van der Waals surface area contributed by atoms with Crippen LogP contribution in [0.15, 0.2) is 29.3 Å². The molecule has 96 valence electrons. The van der Waals surface area contributed by atoms with Gasteiger partial charge < -0.3 is 10.2 Å². The fourth-order valence-electron chi connectivity index (χ4n) is 2.91. The highest BCUT2D eigenvalue weighted by Crippen LogP contribution is 2.31. The number of nitrogens with one attached hydrogen (secondary N) is 1. The van der Waals surface area contributed by atoms with Gasteiger partial charge in [0.15, 0.2) is 0 Å². The van der Waals surface area contributed by atoms with Crippen LogP contribution in [0.25, 0.3) is 0 Å². The van der Waals surface area contributed by atoms with Gasteiger partial charge in [-0.05, 0) is 37.4 Å². The molecule has 18 heavy (non-hydrogen) atoms. The zero-order chi connectivity index (χ0) is 12.4. The lowest BCUT2D eigenvalue weighted by atomic mass is 10.0. The quantitative estimate of drug-likeness (QED) is 0.865. The van der Waals surface area contributed by atoms with E-state index in [1.165, 1.54) is 30.7 Å². The van der Waals surface area contributed by atoms with E-state index in [9.17, 15) is 0 Å². The minimum Gasteiger partial charge on any atom is -0.363 e. The Bertz CT molecular complexity index is 447. The average molecular weight is 243 g/mol. The Labute approximate surface area is 109 Å². The summed E-state index contributed by atoms with van der Waals surface area (Å²) in [5, 5.41) is 3.57. The van der Waals surface area contributed by atoms with Gasteiger partial charge in [-0.15, -0.1) is 0 Å². The molecule has 3 heteroatoms. The van der Waals surface area contributed by atoms with Gasteiger partial charge >= 0.3 is 0 Å². The molecule has 1 aromatic carbocycles. The number of likely N-dealkylation sites (tertiary alicyclic amines) is 1. The first-order valence-electron chi connectivity index (χ1n) is 6.95. The van der Waals surface area contributed by atoms with E-state index in [1.54, 1.807) is 0 Å². The van der Waals surface area contributed by atoms with Gasteiger partial charge in [-0.3, -0.25) is 0 Å². The van der Waals surface area contributed by atoms with E-state index >= 15 is 0 Å². The molecule has 3 rings (SSSR count). The molecule has 0 aliphatic carbocycles. The molecule has 0 amide bonds. The monoisotopic (exact) mass is 243 g/mol. The molecule has 2 saturated heterocycles. The number of benzene rings is 1. The van der Waals surface area contributed by atoms with Crippen molar-refractivity contribution >= 4 is 11.5 Å². The summed E-state index contributed by atoms with van der Waals surface area (Å²) < 4.78 is 0. The fourth-order valence-corrected chi connectivity index (χ4v) is 2.91. The molecule has 1 unspecified atom stereocenters. The molecule has 0 spiro atoms. The largest absolute Gasteiger partial charge is 0.363 e. The SMILES string of the molecule is CN1CCCC1=Nc1ccccc1C1CCCN1. The maximum atomic E-state index is 4.89. The molecule has 0 bridgehead atoms. The van der Waals surface area contributed by atoms with Gasteiger partial charge in [0.05, 0.1) is 5.69 Å². The first-order chi connectivity index (χ1) is 8.84. The predicted octanol–water partition coefficient (Wildman–Crippen LogP) is 2.87. The molecular formula is C15H21N3. The van der Waals surface area contributed by atoms with Crippen molar-refractivity contribution in [3.8, 4) is 0 Å². The van der Waals surface area contributed by atoms with Gasteiger partial charge in [0.1, 0.15) is 5.84 Å². The summed E-state index contributed by atoms with van der Waals surface area (Å²) in [5.74, 6) is 1.24. The van der Waals surface area contributed by atoms with Crippen LogP contribution in [-0.4, -0.2) is 30.9 Å². The normalized spacial score (nSPS) is 26.2. The van der Waals surface area contributed by atoms with Gasteiger partial charge in [0, 0.05) is 26.1 Å². The van der Waals surface area contributed by atoms with E-state index in [1.807, 2.05) is 0 Å². The van der Waals surface area contributed by atoms with Crippen LogP contribution in [0.5, 0.6) is 0 Å². The Morgan fingerprint density at radius 1 is 1.28 bits per heavy atom. The van der Waals surface area contributed by atoms with Crippen LogP contribution in [0, 0.1) is 0 Å². The number of amidine groups is 1. The molecule has 2 fully saturated rings. The van der Waals surface area contributed by atoms with Gasteiger partial charge in [-0.2, -0.15) is 0 Å². The Hall–Kier alpha value is -1.35. The molecule has 2 aliphatic heterocycles. The second-order valence-electron chi connectivity index (χ2n) is 5.26. The third-order valence-corrected chi connectivity index (χ3v) is 3.96. The molecule has 0 radical (unpaired) electrons. The van der Waals surface area contributed by atoms with Crippen LogP contribution in [0.4, 0.5) is 5.69 Å². The summed E-state index contributed by atoms with van der Waals surface area (Å²) in [6.07, 6.45) is 4.86. The summed E-state index contributed by atoms with van der Waals surface area (Å²) in [6.45, 7) is 2.28. The Kier molecular flexibility index (Phi) is 3.33. The second kappa shape index (κ2) is 5.11. The minimum atomic E-state index is 0.497. The predicted molar refractivity (Wildman–Crippen MR) is 75.4 cm³/mol. The van der Waals surface area contributed by atoms with Crippen molar-refractivity contribution in [3.05, 3.63) is 29.8 Å². The van der Waals surface area contributed by atoms with Crippen molar-refractivity contribution in [1.29, 1.82) is 0 Å². The molecule has 3 nitrogen and oxygen atoms in total. The van der Waals surface area contributed by atoms with E-state index in [0.717, 1.165) is 25.2 Å². The highest BCUT2D eigenvalue weighted by molar-refractivity contribution is 5.86. The molecule has 1 atom stereocenters. The van der Waals surface area contributed by atoms with Crippen molar-refractivity contribution in [1.82, 2.24) is 10.2 Å². The zero-order valence-corrected chi connectivity index (χ0v) is 11.0. The lowest BCUT2D eigenvalue weighted by Crippen LogP contribution is -2.19. The Morgan fingerprint density at radius 3 is 2.89 bits per heavy atom. The van der Waals surface area contributed by atoms with Crippen LogP contribution in [0.2, 0.25) is 0 Å². The summed E-state index contributed by atoms with van der Waals surface area (Å²) >= 11 is 0. The number of hydrogen-bond donors (Lipinski definition) is 1. The highest BCUT2D eigenvalue weighted by Gasteiger charge is 2.20. The van der Waals surface area contributed by atoms with Crippen molar-refractivity contribution in [3.63, 3.8) is 0 Å². The topological polar surface area (TPSA) is 27.6 Å². The van der Waals surface area contributed by atoms with Crippen LogP contribution < -0.4 is 5.32 Å². The number of rotatable bonds is 2. The smallest absolute Gasteiger partial charge is 0.105 e. The van der Waals surface area contributed by atoms with E-state index < -0.39 is 0 Å². The third kappa shape index (κ3) is 2.27. The van der Waals surface area contributed by atoms with Crippen molar-refractivity contribution in [2.45, 2.75) is 31.7 Å². The van der Waals surface area contributed by atoms with E-state index in [2.05, 4.69) is 41.5 Å². The number of aliphatic imine (C=N–C) groups is 1. The summed E-state index contributed by atoms with van der Waals surface area (Å²) in [7, 11) is 2.14. The Morgan fingerprint density at radius 2 is 2.17 bits per heavy atom. The van der Waals surface area contributed by atoms with Crippen molar-refractivity contribution < 1.29 is 0 Å². The van der Waals surface area contributed by atoms with Crippen LogP contribution in [0.3, 0.4) is 0 Å². The Balaban J connectivity index is 1.91. The van der Waals surface area contributed by atoms with Gasteiger partial charge in [-0.1, -0.05) is 18.2 Å². The molecule has 1 N–H and O–H groups in total. The molecular weight excluding hydrogens is 222 g/mol.